The van der Waals surface area contributed by atoms with Gasteiger partial charge in [0.2, 0.25) is 0 Å². The fourth-order valence-electron chi connectivity index (χ4n) is 9.35. The minimum absolute atomic E-state index is 0. The van der Waals surface area contributed by atoms with E-state index in [4.69, 9.17) is 14.2 Å². The molecule has 3 nitrogen and oxygen atoms in total. The van der Waals surface area contributed by atoms with Gasteiger partial charge < -0.3 is 14.2 Å². The third kappa shape index (κ3) is 6.50. The number of benzene rings is 2. The molecule has 4 aromatic rings. The monoisotopic (exact) mass is 724 g/mol. The third-order valence-electron chi connectivity index (χ3n) is 10.8. The fourth-order valence-corrected chi connectivity index (χ4v) is 14.0. The Morgan fingerprint density at radius 1 is 0.833 bits per heavy atom. The number of rotatable bonds is 6. The number of hydrogen-bond donors (Lipinski definition) is 0. The first kappa shape index (κ1) is 37.6. The maximum atomic E-state index is 7.11. The van der Waals surface area contributed by atoms with Gasteiger partial charge in [-0.25, -0.2) is 12.1 Å². The number of ether oxygens (including phenoxy) is 3. The van der Waals surface area contributed by atoms with Crippen LogP contribution in [-0.2, 0) is 42.9 Å². The molecular formula is C42H54FeO3P2. The van der Waals surface area contributed by atoms with Gasteiger partial charge in [0, 0.05) is 18.3 Å². The maximum Gasteiger partial charge on any atom is 2.00 e. The molecule has 0 aliphatic carbocycles. The predicted octanol–water partition coefficient (Wildman–Crippen LogP) is 11.3. The van der Waals surface area contributed by atoms with E-state index in [1.54, 1.807) is 0 Å². The molecule has 0 radical (unpaired) electrons. The molecule has 4 aliphatic heterocycles. The van der Waals surface area contributed by atoms with Gasteiger partial charge in [0.1, 0.15) is 0 Å². The Kier molecular flexibility index (Phi) is 10.6. The molecule has 6 heteroatoms. The van der Waals surface area contributed by atoms with Crippen molar-refractivity contribution in [2.24, 2.45) is 0 Å². The summed E-state index contributed by atoms with van der Waals surface area (Å²) in [5.41, 5.74) is 6.75. The van der Waals surface area contributed by atoms with E-state index in [2.05, 4.69) is 138 Å². The summed E-state index contributed by atoms with van der Waals surface area (Å²) in [7, 11) is 2.76. The molecule has 0 saturated carbocycles. The standard InChI is InChI=1S/C37H49O3P2.C5H5.Fe/c1-32(2,3)42(33(4,5)6)22-27-20-28(25-16-12-10-13-17-25)30(26-18-14-11-15-19-26)31(27)37(24-41)34(7)21-29-38-35(37,8)23-36(9,39-29)40-34;1-2-4-5-3-1;/h10-20,29H,21-24,41H2,1-9H3;1-5H;/q2*-1;+2. The zero-order valence-corrected chi connectivity index (χ0v) is 33.4. The molecule has 0 N–H and O–H groups in total. The molecule has 4 aliphatic rings. The Labute approximate surface area is 304 Å². The molecular weight excluding hydrogens is 670 g/mol. The van der Waals surface area contributed by atoms with Crippen molar-refractivity contribution in [3.63, 3.8) is 0 Å². The molecule has 0 spiro atoms. The summed E-state index contributed by atoms with van der Waals surface area (Å²) in [6, 6.07) is 34.5. The van der Waals surface area contributed by atoms with Gasteiger partial charge in [0.25, 0.3) is 0 Å². The summed E-state index contributed by atoms with van der Waals surface area (Å²) in [6.45, 7) is 21.4. The van der Waals surface area contributed by atoms with Crippen LogP contribution in [0.15, 0.2) is 97.1 Å². The van der Waals surface area contributed by atoms with Crippen LogP contribution in [0.1, 0.15) is 86.3 Å². The average Bonchev–Trinajstić information content (AvgIpc) is 3.67. The van der Waals surface area contributed by atoms with E-state index in [0.29, 0.717) is 6.42 Å². The molecule has 0 aromatic heterocycles. The number of hydrogen-bond acceptors (Lipinski definition) is 3. The second-order valence-electron chi connectivity index (χ2n) is 16.3. The van der Waals surface area contributed by atoms with Crippen LogP contribution in [-0.4, -0.2) is 39.8 Å². The quantitative estimate of drug-likeness (QED) is 0.113. The maximum absolute atomic E-state index is 7.11. The van der Waals surface area contributed by atoms with Crippen LogP contribution in [0.25, 0.3) is 22.3 Å². The van der Waals surface area contributed by atoms with Crippen LogP contribution in [0.3, 0.4) is 0 Å². The second kappa shape index (κ2) is 13.5. The normalized spacial score (nSPS) is 29.4. The van der Waals surface area contributed by atoms with Gasteiger partial charge in [-0.3, -0.25) is 0 Å². The van der Waals surface area contributed by atoms with Gasteiger partial charge in [-0.15, -0.1) is 38.6 Å². The van der Waals surface area contributed by atoms with Crippen LogP contribution in [0.2, 0.25) is 0 Å². The summed E-state index contributed by atoms with van der Waals surface area (Å²) in [4.78, 5) is 0. The van der Waals surface area contributed by atoms with Crippen molar-refractivity contribution in [2.45, 2.75) is 120 Å². The van der Waals surface area contributed by atoms with E-state index in [-0.39, 0.29) is 33.7 Å². The summed E-state index contributed by atoms with van der Waals surface area (Å²) >= 11 is 0. The van der Waals surface area contributed by atoms with Gasteiger partial charge in [-0.1, -0.05) is 120 Å². The minimum atomic E-state index is -0.640. The molecule has 4 bridgehead atoms. The Morgan fingerprint density at radius 3 is 1.90 bits per heavy atom. The Bertz CT molecular complexity index is 1600. The SMILES string of the molecule is CC12CC3(C)OC(CC(C)(O1)C3(CP)c1c(CP(C(C)(C)C)C(C)(C)C)cc(-c3ccccc3)[c-]1-c1ccccc1)O2.[Fe+2].c1cc[cH-]c1. The van der Waals surface area contributed by atoms with Gasteiger partial charge in [0.15, 0.2) is 12.1 Å². The van der Waals surface area contributed by atoms with Crippen molar-refractivity contribution in [2.75, 3.05) is 6.16 Å². The summed E-state index contributed by atoms with van der Waals surface area (Å²) in [5, 5.41) is 0.393. The first-order valence-electron chi connectivity index (χ1n) is 17.2. The molecule has 4 saturated heterocycles. The van der Waals surface area contributed by atoms with Crippen molar-refractivity contribution in [3.05, 3.63) is 108 Å². The van der Waals surface area contributed by atoms with E-state index < -0.39 is 30.3 Å². The van der Waals surface area contributed by atoms with Gasteiger partial charge in [-0.2, -0.15) is 18.2 Å². The molecule has 4 fully saturated rings. The van der Waals surface area contributed by atoms with Crippen LogP contribution >= 0.6 is 17.2 Å². The largest absolute Gasteiger partial charge is 2.00 e. The fraction of sp³-hybridized carbons (Fsp3) is 0.476. The molecule has 48 heavy (non-hydrogen) atoms. The van der Waals surface area contributed by atoms with E-state index in [1.807, 2.05) is 30.3 Å². The molecule has 6 unspecified atom stereocenters. The van der Waals surface area contributed by atoms with E-state index in [1.165, 1.54) is 33.4 Å². The van der Waals surface area contributed by atoms with E-state index in [9.17, 15) is 0 Å². The van der Waals surface area contributed by atoms with Gasteiger partial charge >= 0.3 is 17.1 Å². The Balaban J connectivity index is 0.000000689. The van der Waals surface area contributed by atoms with Crippen molar-refractivity contribution in [3.8, 4) is 22.3 Å². The van der Waals surface area contributed by atoms with Crippen molar-refractivity contribution in [1.82, 2.24) is 0 Å². The third-order valence-corrected chi connectivity index (χ3v) is 15.3. The second-order valence-corrected chi connectivity index (χ2v) is 20.6. The van der Waals surface area contributed by atoms with Gasteiger partial charge in [-0.05, 0) is 43.4 Å². The summed E-state index contributed by atoms with van der Waals surface area (Å²) in [5.74, 6) is -0.640. The van der Waals surface area contributed by atoms with Crippen LogP contribution in [0, 0.1) is 0 Å². The molecule has 4 aromatic carbocycles. The Hall–Kier alpha value is -1.60. The van der Waals surface area contributed by atoms with Crippen molar-refractivity contribution < 1.29 is 31.3 Å². The topological polar surface area (TPSA) is 27.7 Å². The molecule has 4 heterocycles. The smallest absolute Gasteiger partial charge is 0.345 e. The van der Waals surface area contributed by atoms with E-state index in [0.717, 1.165) is 18.7 Å². The first-order chi connectivity index (χ1) is 22.1. The zero-order valence-electron chi connectivity index (χ0n) is 30.2. The van der Waals surface area contributed by atoms with Crippen LogP contribution in [0.5, 0.6) is 0 Å². The molecule has 8 rings (SSSR count). The minimum Gasteiger partial charge on any atom is -0.345 e. The van der Waals surface area contributed by atoms with Crippen molar-refractivity contribution >= 4 is 17.2 Å². The van der Waals surface area contributed by atoms with Crippen LogP contribution in [0.4, 0.5) is 0 Å². The first-order valence-corrected chi connectivity index (χ1v) is 19.5. The van der Waals surface area contributed by atoms with Crippen LogP contribution < -0.4 is 0 Å². The molecule has 0 amide bonds. The predicted molar refractivity (Wildman–Crippen MR) is 203 cm³/mol. The molecule has 258 valence electrons. The van der Waals surface area contributed by atoms with E-state index >= 15 is 0 Å². The van der Waals surface area contributed by atoms with Gasteiger partial charge in [0.05, 0.1) is 11.2 Å². The summed E-state index contributed by atoms with van der Waals surface area (Å²) < 4.78 is 20.4. The zero-order chi connectivity index (χ0) is 33.9. The summed E-state index contributed by atoms with van der Waals surface area (Å²) in [6.07, 6.45) is 3.08. The van der Waals surface area contributed by atoms with Crippen molar-refractivity contribution in [1.29, 1.82) is 0 Å². The molecule has 6 atom stereocenters. The Morgan fingerprint density at radius 2 is 1.42 bits per heavy atom. The average molecular weight is 725 g/mol.